The molecule has 4 nitrogen and oxygen atoms in total. The summed E-state index contributed by atoms with van der Waals surface area (Å²) in [5, 5.41) is 0. The molecule has 0 amide bonds. The van der Waals surface area contributed by atoms with Gasteiger partial charge in [0.25, 0.3) is 0 Å². The maximum absolute atomic E-state index is 14.5. The number of hydrogen-bond acceptors (Lipinski definition) is 4. The number of carbonyl (C=O) groups is 2. The normalized spacial score (nSPS) is 12.3. The second-order valence-electron chi connectivity index (χ2n) is 8.59. The van der Waals surface area contributed by atoms with Gasteiger partial charge in [0, 0.05) is 0 Å². The van der Waals surface area contributed by atoms with Crippen molar-refractivity contribution in [1.29, 1.82) is 0 Å². The highest BCUT2D eigenvalue weighted by Crippen LogP contribution is 2.56. The number of benzene rings is 2. The van der Waals surface area contributed by atoms with Crippen LogP contribution in [0.15, 0.2) is 48.5 Å². The third-order valence-corrected chi connectivity index (χ3v) is 5.88. The highest BCUT2D eigenvalue weighted by atomic mass is 19.4. The minimum Gasteiger partial charge on any atom is -0.462 e. The fraction of sp³-hybridized carbons (Fsp3) is 0.481. The van der Waals surface area contributed by atoms with Crippen molar-refractivity contribution >= 4 is 11.9 Å². The SMILES string of the molecule is CCCCCOC(=O)c1cccc(C(c2cccc(C(=O)OCCCCC)c2)(C(F)(F)F)C(F)(F)F)c1. The van der Waals surface area contributed by atoms with Gasteiger partial charge in [-0.25, -0.2) is 9.59 Å². The lowest BCUT2D eigenvalue weighted by Crippen LogP contribution is -2.54. The van der Waals surface area contributed by atoms with Gasteiger partial charge < -0.3 is 9.47 Å². The van der Waals surface area contributed by atoms with Crippen molar-refractivity contribution in [3.8, 4) is 0 Å². The summed E-state index contributed by atoms with van der Waals surface area (Å²) in [7, 11) is 0. The number of unbranched alkanes of at least 4 members (excludes halogenated alkanes) is 4. The van der Waals surface area contributed by atoms with Gasteiger partial charge in [0.2, 0.25) is 5.41 Å². The lowest BCUT2D eigenvalue weighted by Gasteiger charge is -2.38. The Morgan fingerprint density at radius 1 is 0.649 bits per heavy atom. The Hall–Kier alpha value is -3.04. The molecular weight excluding hydrogens is 502 g/mol. The molecule has 0 aliphatic rings. The molecule has 37 heavy (non-hydrogen) atoms. The summed E-state index contributed by atoms with van der Waals surface area (Å²) in [6, 6.07) is 6.46. The number of rotatable bonds is 12. The highest BCUT2D eigenvalue weighted by Gasteiger charge is 2.72. The van der Waals surface area contributed by atoms with E-state index in [4.69, 9.17) is 9.47 Å². The molecule has 10 heteroatoms. The van der Waals surface area contributed by atoms with E-state index >= 15 is 0 Å². The van der Waals surface area contributed by atoms with E-state index in [2.05, 4.69) is 0 Å². The van der Waals surface area contributed by atoms with Gasteiger partial charge in [0.15, 0.2) is 0 Å². The fourth-order valence-corrected chi connectivity index (χ4v) is 3.94. The van der Waals surface area contributed by atoms with Gasteiger partial charge in [-0.3, -0.25) is 0 Å². The van der Waals surface area contributed by atoms with Crippen molar-refractivity contribution in [2.75, 3.05) is 13.2 Å². The van der Waals surface area contributed by atoms with Crippen LogP contribution in [0.3, 0.4) is 0 Å². The third kappa shape index (κ3) is 7.05. The summed E-state index contributed by atoms with van der Waals surface area (Å²) in [6.45, 7) is 3.81. The van der Waals surface area contributed by atoms with Crippen LogP contribution < -0.4 is 0 Å². The van der Waals surface area contributed by atoms with Crippen molar-refractivity contribution in [3.05, 3.63) is 70.8 Å². The third-order valence-electron chi connectivity index (χ3n) is 5.88. The molecule has 0 fully saturated rings. The average Bonchev–Trinajstić information content (AvgIpc) is 2.83. The molecule has 0 bridgehead atoms. The van der Waals surface area contributed by atoms with E-state index in [0.717, 1.165) is 49.9 Å². The van der Waals surface area contributed by atoms with Crippen molar-refractivity contribution in [2.45, 2.75) is 70.1 Å². The maximum atomic E-state index is 14.5. The van der Waals surface area contributed by atoms with E-state index in [9.17, 15) is 35.9 Å². The van der Waals surface area contributed by atoms with Crippen molar-refractivity contribution < 1.29 is 45.4 Å². The van der Waals surface area contributed by atoms with Crippen LogP contribution in [-0.2, 0) is 14.9 Å². The fourth-order valence-electron chi connectivity index (χ4n) is 3.94. The first-order chi connectivity index (χ1) is 17.4. The second-order valence-corrected chi connectivity index (χ2v) is 8.59. The molecule has 204 valence electrons. The Morgan fingerprint density at radius 3 is 1.35 bits per heavy atom. The van der Waals surface area contributed by atoms with E-state index in [0.29, 0.717) is 37.1 Å². The van der Waals surface area contributed by atoms with E-state index in [1.807, 2.05) is 13.8 Å². The van der Waals surface area contributed by atoms with Gasteiger partial charge in [-0.2, -0.15) is 26.3 Å². The monoisotopic (exact) mass is 532 g/mol. The van der Waals surface area contributed by atoms with Crippen LogP contribution in [0.4, 0.5) is 26.3 Å². The number of alkyl halides is 6. The summed E-state index contributed by atoms with van der Waals surface area (Å²) in [5.41, 5.74) is -7.85. The molecular formula is C27H30F6O4. The van der Waals surface area contributed by atoms with Crippen LogP contribution in [0, 0.1) is 0 Å². The zero-order valence-electron chi connectivity index (χ0n) is 20.7. The van der Waals surface area contributed by atoms with Crippen molar-refractivity contribution in [1.82, 2.24) is 0 Å². The van der Waals surface area contributed by atoms with Crippen LogP contribution in [0.25, 0.3) is 0 Å². The summed E-state index contributed by atoms with van der Waals surface area (Å²) in [5.74, 6) is -2.05. The van der Waals surface area contributed by atoms with Gasteiger partial charge in [-0.15, -0.1) is 0 Å². The van der Waals surface area contributed by atoms with E-state index in [1.165, 1.54) is 0 Å². The number of hydrogen-bond donors (Lipinski definition) is 0. The smallest absolute Gasteiger partial charge is 0.411 e. The number of halogens is 6. The van der Waals surface area contributed by atoms with Crippen LogP contribution in [-0.4, -0.2) is 37.5 Å². The molecule has 0 heterocycles. The lowest BCUT2D eigenvalue weighted by atomic mass is 9.72. The largest absolute Gasteiger partial charge is 0.462 e. The molecule has 0 aromatic heterocycles. The molecule has 0 spiro atoms. The maximum Gasteiger partial charge on any atom is 0.411 e. The van der Waals surface area contributed by atoms with E-state index in [1.54, 1.807) is 0 Å². The zero-order chi connectivity index (χ0) is 27.7. The minimum absolute atomic E-state index is 0.0109. The topological polar surface area (TPSA) is 52.6 Å². The molecule has 2 aromatic rings. The Balaban J connectivity index is 2.58. The van der Waals surface area contributed by atoms with Gasteiger partial charge in [0.1, 0.15) is 0 Å². The van der Waals surface area contributed by atoms with E-state index < -0.39 is 52.0 Å². The Morgan fingerprint density at radius 2 is 1.03 bits per heavy atom. The molecule has 0 radical (unpaired) electrons. The first kappa shape index (κ1) is 30.2. The number of ether oxygens (including phenoxy) is 2. The number of carbonyl (C=O) groups excluding carboxylic acids is 2. The number of esters is 2. The molecule has 0 aliphatic heterocycles. The summed E-state index contributed by atoms with van der Waals surface area (Å²) in [4.78, 5) is 24.7. The average molecular weight is 533 g/mol. The summed E-state index contributed by atoms with van der Waals surface area (Å²) >= 11 is 0. The Kier molecular flexibility index (Phi) is 10.6. The minimum atomic E-state index is -5.88. The van der Waals surface area contributed by atoms with Gasteiger partial charge in [0.05, 0.1) is 24.3 Å². The molecule has 0 saturated heterocycles. The second kappa shape index (κ2) is 13.0. The standard InChI is InChI=1S/C27H30F6O4/c1-3-5-7-15-36-23(34)19-11-9-13-21(17-19)25(26(28,29)30,27(31,32)33)22-14-10-12-20(18-22)24(35)37-16-8-6-4-2/h9-14,17-18H,3-8,15-16H2,1-2H3. The quantitative estimate of drug-likeness (QED) is 0.159. The molecule has 2 aromatic carbocycles. The Bertz CT molecular complexity index is 962. The predicted molar refractivity (Wildman–Crippen MR) is 125 cm³/mol. The first-order valence-corrected chi connectivity index (χ1v) is 12.1. The molecule has 0 unspecified atom stereocenters. The molecule has 0 aliphatic carbocycles. The van der Waals surface area contributed by atoms with E-state index in [-0.39, 0.29) is 13.2 Å². The molecule has 2 rings (SSSR count). The van der Waals surface area contributed by atoms with Crippen molar-refractivity contribution in [2.24, 2.45) is 0 Å². The molecule has 0 atom stereocenters. The lowest BCUT2D eigenvalue weighted by molar-refractivity contribution is -0.288. The van der Waals surface area contributed by atoms with Crippen LogP contribution in [0.5, 0.6) is 0 Å². The Labute approximate surface area is 212 Å². The van der Waals surface area contributed by atoms with Crippen LogP contribution >= 0.6 is 0 Å². The zero-order valence-corrected chi connectivity index (χ0v) is 20.7. The molecule has 0 saturated carbocycles. The van der Waals surface area contributed by atoms with Crippen LogP contribution in [0.2, 0.25) is 0 Å². The summed E-state index contributed by atoms with van der Waals surface area (Å²) in [6.07, 6.45) is -7.57. The molecule has 0 N–H and O–H groups in total. The first-order valence-electron chi connectivity index (χ1n) is 12.1. The van der Waals surface area contributed by atoms with Gasteiger partial charge >= 0.3 is 24.3 Å². The van der Waals surface area contributed by atoms with Gasteiger partial charge in [-0.05, 0) is 48.2 Å². The van der Waals surface area contributed by atoms with Gasteiger partial charge in [-0.1, -0.05) is 63.8 Å². The van der Waals surface area contributed by atoms with Crippen LogP contribution in [0.1, 0.15) is 84.2 Å². The predicted octanol–water partition coefficient (Wildman–Crippen LogP) is 7.79. The summed E-state index contributed by atoms with van der Waals surface area (Å²) < 4.78 is 97.2. The van der Waals surface area contributed by atoms with Crippen molar-refractivity contribution in [3.63, 3.8) is 0 Å². The highest BCUT2D eigenvalue weighted by molar-refractivity contribution is 5.90.